The molecule has 0 radical (unpaired) electrons. The fraction of sp³-hybridized carbons (Fsp3) is 0.407. The van der Waals surface area contributed by atoms with E-state index in [1.165, 1.54) is 31.4 Å². The summed E-state index contributed by atoms with van der Waals surface area (Å²) in [5.41, 5.74) is 4.82. The average molecular weight is 475 g/mol. The predicted molar refractivity (Wildman–Crippen MR) is 133 cm³/mol. The lowest BCUT2D eigenvalue weighted by Crippen LogP contribution is -2.38. The van der Waals surface area contributed by atoms with Crippen molar-refractivity contribution >= 4 is 10.9 Å². The molecule has 1 saturated carbocycles. The van der Waals surface area contributed by atoms with E-state index in [-0.39, 0.29) is 11.4 Å². The van der Waals surface area contributed by atoms with Gasteiger partial charge in [0.2, 0.25) is 0 Å². The van der Waals surface area contributed by atoms with Crippen LogP contribution in [0.25, 0.3) is 10.9 Å². The molecule has 0 spiro atoms. The molecule has 0 saturated heterocycles. The summed E-state index contributed by atoms with van der Waals surface area (Å²) in [6.45, 7) is 5.65. The average Bonchev–Trinajstić information content (AvgIpc) is 3.30. The molecule has 0 aliphatic heterocycles. The van der Waals surface area contributed by atoms with Gasteiger partial charge in [-0.2, -0.15) is 0 Å². The molecule has 0 unspecified atom stereocenters. The van der Waals surface area contributed by atoms with E-state index < -0.39 is 0 Å². The molecule has 4 aromatic rings. The SMILES string of the molecule is Cc1ccc2cc(CN(Cc3nnnn3Cc3ccc(F)cc3)C3CCCCC3)c(=O)[nH]c2c1C. The maximum absolute atomic E-state index is 13.3. The van der Waals surface area contributed by atoms with Crippen molar-refractivity contribution in [2.45, 2.75) is 71.6 Å². The molecule has 182 valence electrons. The van der Waals surface area contributed by atoms with E-state index in [0.29, 0.717) is 25.7 Å². The number of fused-ring (bicyclic) bond motifs is 1. The van der Waals surface area contributed by atoms with Crippen molar-refractivity contribution in [1.29, 1.82) is 0 Å². The molecule has 0 amide bonds. The van der Waals surface area contributed by atoms with Crippen molar-refractivity contribution in [3.8, 4) is 0 Å². The minimum Gasteiger partial charge on any atom is -0.321 e. The fourth-order valence-electron chi connectivity index (χ4n) is 5.07. The number of hydrogen-bond acceptors (Lipinski definition) is 5. The van der Waals surface area contributed by atoms with Gasteiger partial charge in [0.15, 0.2) is 5.82 Å². The summed E-state index contributed by atoms with van der Waals surface area (Å²) in [4.78, 5) is 18.6. The van der Waals surface area contributed by atoms with Gasteiger partial charge in [-0.25, -0.2) is 9.07 Å². The standard InChI is InChI=1S/C27H31FN6O/c1-18-8-11-21-14-22(27(35)29-26(21)19(18)2)16-33(24-6-4-3-5-7-24)17-25-30-31-32-34(25)15-20-9-12-23(28)13-10-20/h8-14,24H,3-7,15-17H2,1-2H3,(H,29,35). The van der Waals surface area contributed by atoms with Crippen LogP contribution in [0.1, 0.15) is 60.2 Å². The topological polar surface area (TPSA) is 79.7 Å². The molecular weight excluding hydrogens is 443 g/mol. The van der Waals surface area contributed by atoms with E-state index in [2.05, 4.69) is 44.5 Å². The highest BCUT2D eigenvalue weighted by atomic mass is 19.1. The van der Waals surface area contributed by atoms with Gasteiger partial charge >= 0.3 is 0 Å². The minimum absolute atomic E-state index is 0.0436. The van der Waals surface area contributed by atoms with Crippen LogP contribution >= 0.6 is 0 Å². The van der Waals surface area contributed by atoms with Gasteiger partial charge in [0.25, 0.3) is 5.56 Å². The second kappa shape index (κ2) is 10.1. The van der Waals surface area contributed by atoms with Crippen molar-refractivity contribution in [2.75, 3.05) is 0 Å². The van der Waals surface area contributed by atoms with E-state index in [0.717, 1.165) is 51.8 Å². The second-order valence-corrected chi connectivity index (χ2v) is 9.67. The largest absolute Gasteiger partial charge is 0.321 e. The molecule has 2 heterocycles. The molecule has 0 atom stereocenters. The second-order valence-electron chi connectivity index (χ2n) is 9.67. The lowest BCUT2D eigenvalue weighted by Gasteiger charge is -2.33. The summed E-state index contributed by atoms with van der Waals surface area (Å²) < 4.78 is 15.1. The van der Waals surface area contributed by atoms with Crippen LogP contribution in [0.15, 0.2) is 47.3 Å². The number of aromatic amines is 1. The Morgan fingerprint density at radius 2 is 1.83 bits per heavy atom. The number of tetrazole rings is 1. The maximum atomic E-state index is 13.3. The van der Waals surface area contributed by atoms with Gasteiger partial charge < -0.3 is 4.98 Å². The number of pyridine rings is 1. The minimum atomic E-state index is -0.264. The number of aryl methyl sites for hydroxylation is 2. The Balaban J connectivity index is 1.43. The van der Waals surface area contributed by atoms with Gasteiger partial charge in [0.1, 0.15) is 5.82 Å². The number of H-pyrrole nitrogens is 1. The fourth-order valence-corrected chi connectivity index (χ4v) is 5.07. The Bertz CT molecular complexity index is 1370. The Hall–Kier alpha value is -3.39. The number of rotatable bonds is 7. The molecule has 2 aromatic heterocycles. The molecule has 1 aliphatic rings. The molecule has 7 nitrogen and oxygen atoms in total. The summed E-state index contributed by atoms with van der Waals surface area (Å²) in [6.07, 6.45) is 5.83. The summed E-state index contributed by atoms with van der Waals surface area (Å²) in [5, 5.41) is 13.4. The Morgan fingerprint density at radius 1 is 1.06 bits per heavy atom. The predicted octanol–water partition coefficient (Wildman–Crippen LogP) is 4.65. The molecule has 35 heavy (non-hydrogen) atoms. The van der Waals surface area contributed by atoms with E-state index in [9.17, 15) is 9.18 Å². The van der Waals surface area contributed by atoms with Crippen LogP contribution in [0.2, 0.25) is 0 Å². The highest BCUT2D eigenvalue weighted by molar-refractivity contribution is 5.83. The van der Waals surface area contributed by atoms with Crippen LogP contribution in [0.5, 0.6) is 0 Å². The zero-order chi connectivity index (χ0) is 24.4. The van der Waals surface area contributed by atoms with Crippen LogP contribution in [-0.4, -0.2) is 36.1 Å². The van der Waals surface area contributed by atoms with E-state index >= 15 is 0 Å². The number of hydrogen-bond donors (Lipinski definition) is 1. The van der Waals surface area contributed by atoms with Gasteiger partial charge in [0, 0.05) is 18.2 Å². The summed E-state index contributed by atoms with van der Waals surface area (Å²) in [7, 11) is 0. The maximum Gasteiger partial charge on any atom is 0.252 e. The quantitative estimate of drug-likeness (QED) is 0.422. The molecule has 5 rings (SSSR count). The van der Waals surface area contributed by atoms with Gasteiger partial charge in [-0.05, 0) is 77.4 Å². The third kappa shape index (κ3) is 5.17. The number of halogens is 1. The van der Waals surface area contributed by atoms with Crippen LogP contribution in [0.3, 0.4) is 0 Å². The third-order valence-electron chi connectivity index (χ3n) is 7.29. The summed E-state index contributed by atoms with van der Waals surface area (Å²) >= 11 is 0. The van der Waals surface area contributed by atoms with Crippen molar-refractivity contribution in [3.63, 3.8) is 0 Å². The van der Waals surface area contributed by atoms with E-state index in [4.69, 9.17) is 0 Å². The number of aromatic nitrogens is 5. The number of nitrogens with one attached hydrogen (secondary N) is 1. The van der Waals surface area contributed by atoms with E-state index in [1.54, 1.807) is 16.8 Å². The number of benzene rings is 2. The van der Waals surface area contributed by atoms with Crippen molar-refractivity contribution < 1.29 is 4.39 Å². The van der Waals surface area contributed by atoms with Gasteiger partial charge in [-0.3, -0.25) is 9.69 Å². The molecule has 1 N–H and O–H groups in total. The van der Waals surface area contributed by atoms with Crippen LogP contribution in [-0.2, 0) is 19.6 Å². The van der Waals surface area contributed by atoms with Crippen molar-refractivity contribution in [1.82, 2.24) is 30.1 Å². The lowest BCUT2D eigenvalue weighted by molar-refractivity contribution is 0.134. The summed E-state index contributed by atoms with van der Waals surface area (Å²) in [5.74, 6) is 0.476. The normalized spacial score (nSPS) is 14.7. The number of nitrogens with zero attached hydrogens (tertiary/aromatic N) is 5. The molecule has 0 bridgehead atoms. The van der Waals surface area contributed by atoms with Crippen LogP contribution in [0.4, 0.5) is 4.39 Å². The smallest absolute Gasteiger partial charge is 0.252 e. The first-order valence-corrected chi connectivity index (χ1v) is 12.3. The van der Waals surface area contributed by atoms with Gasteiger partial charge in [-0.15, -0.1) is 5.10 Å². The Kier molecular flexibility index (Phi) is 6.72. The monoisotopic (exact) mass is 474 g/mol. The summed E-state index contributed by atoms with van der Waals surface area (Å²) in [6, 6.07) is 13.0. The van der Waals surface area contributed by atoms with Gasteiger partial charge in [0.05, 0.1) is 18.6 Å². The highest BCUT2D eigenvalue weighted by Gasteiger charge is 2.24. The third-order valence-corrected chi connectivity index (χ3v) is 7.29. The van der Waals surface area contributed by atoms with Gasteiger partial charge in [-0.1, -0.05) is 43.5 Å². The zero-order valence-electron chi connectivity index (χ0n) is 20.3. The first-order chi connectivity index (χ1) is 17.0. The van der Waals surface area contributed by atoms with E-state index in [1.807, 2.05) is 13.0 Å². The lowest BCUT2D eigenvalue weighted by atomic mass is 9.93. The van der Waals surface area contributed by atoms with Crippen molar-refractivity contribution in [3.05, 3.63) is 86.7 Å². The molecular formula is C27H31FN6O. The Labute approximate surface area is 204 Å². The van der Waals surface area contributed by atoms with Crippen LogP contribution < -0.4 is 5.56 Å². The first kappa shape index (κ1) is 23.4. The van der Waals surface area contributed by atoms with Crippen molar-refractivity contribution in [2.24, 2.45) is 0 Å². The van der Waals surface area contributed by atoms with Crippen LogP contribution in [0, 0.1) is 19.7 Å². The zero-order valence-corrected chi connectivity index (χ0v) is 20.3. The molecule has 1 aliphatic carbocycles. The molecule has 8 heteroatoms. The molecule has 2 aromatic carbocycles. The molecule has 1 fully saturated rings. The highest BCUT2D eigenvalue weighted by Crippen LogP contribution is 2.26. The Morgan fingerprint density at radius 3 is 2.60 bits per heavy atom. The first-order valence-electron chi connectivity index (χ1n) is 12.3.